The molecular formula is C15H25N2O2+. The SMILES string of the molecule is COc1ccc(C[NH+](C)[C@@H](C)C(=O)NC(C)C)cc1. The average Bonchev–Trinajstić information content (AvgIpc) is 2.37. The van der Waals surface area contributed by atoms with Crippen molar-refractivity contribution in [2.24, 2.45) is 0 Å². The van der Waals surface area contributed by atoms with E-state index >= 15 is 0 Å². The molecule has 1 aromatic rings. The van der Waals surface area contributed by atoms with Crippen LogP contribution in [0.5, 0.6) is 5.75 Å². The monoisotopic (exact) mass is 265 g/mol. The van der Waals surface area contributed by atoms with E-state index in [4.69, 9.17) is 4.74 Å². The van der Waals surface area contributed by atoms with Crippen LogP contribution in [-0.4, -0.2) is 32.1 Å². The highest BCUT2D eigenvalue weighted by atomic mass is 16.5. The number of benzene rings is 1. The molecule has 0 saturated carbocycles. The molecule has 2 N–H and O–H groups in total. The van der Waals surface area contributed by atoms with Crippen molar-refractivity contribution in [3.05, 3.63) is 29.8 Å². The third-order valence-electron chi connectivity index (χ3n) is 3.21. The Kier molecular flexibility index (Phi) is 5.83. The molecule has 4 heteroatoms. The largest absolute Gasteiger partial charge is 0.497 e. The van der Waals surface area contributed by atoms with Crippen LogP contribution in [0.3, 0.4) is 0 Å². The highest BCUT2D eigenvalue weighted by Crippen LogP contribution is 2.10. The first-order valence-electron chi connectivity index (χ1n) is 6.69. The van der Waals surface area contributed by atoms with E-state index in [-0.39, 0.29) is 18.0 Å². The maximum absolute atomic E-state index is 11.9. The molecule has 0 aromatic heterocycles. The highest BCUT2D eigenvalue weighted by molar-refractivity contribution is 5.80. The number of hydrogen-bond acceptors (Lipinski definition) is 2. The second kappa shape index (κ2) is 7.14. The Morgan fingerprint density at radius 3 is 2.32 bits per heavy atom. The van der Waals surface area contributed by atoms with Crippen LogP contribution in [0.15, 0.2) is 24.3 Å². The van der Waals surface area contributed by atoms with E-state index in [0.29, 0.717) is 0 Å². The molecular weight excluding hydrogens is 240 g/mol. The summed E-state index contributed by atoms with van der Waals surface area (Å²) in [6, 6.07) is 8.08. The molecule has 0 spiro atoms. The zero-order chi connectivity index (χ0) is 14.4. The lowest BCUT2D eigenvalue weighted by Gasteiger charge is -2.22. The van der Waals surface area contributed by atoms with Gasteiger partial charge in [0.2, 0.25) is 0 Å². The van der Waals surface area contributed by atoms with Crippen LogP contribution >= 0.6 is 0 Å². The number of quaternary nitrogens is 1. The van der Waals surface area contributed by atoms with Crippen molar-refractivity contribution < 1.29 is 14.4 Å². The number of rotatable bonds is 6. The Labute approximate surface area is 115 Å². The minimum atomic E-state index is -0.0653. The summed E-state index contributed by atoms with van der Waals surface area (Å²) in [5, 5.41) is 2.95. The predicted octanol–water partition coefficient (Wildman–Crippen LogP) is 0.623. The van der Waals surface area contributed by atoms with Gasteiger partial charge < -0.3 is 15.0 Å². The van der Waals surface area contributed by atoms with Gasteiger partial charge >= 0.3 is 0 Å². The highest BCUT2D eigenvalue weighted by Gasteiger charge is 2.22. The van der Waals surface area contributed by atoms with Gasteiger partial charge in [-0.1, -0.05) is 0 Å². The summed E-state index contributed by atoms with van der Waals surface area (Å²) in [6.07, 6.45) is 0. The molecule has 19 heavy (non-hydrogen) atoms. The summed E-state index contributed by atoms with van der Waals surface area (Å²) in [5.74, 6) is 0.952. The summed E-state index contributed by atoms with van der Waals surface area (Å²) < 4.78 is 5.13. The van der Waals surface area contributed by atoms with Gasteiger partial charge in [-0.3, -0.25) is 4.79 Å². The first-order chi connectivity index (χ1) is 8.93. The Bertz CT molecular complexity index is 401. The number of carbonyl (C=O) groups is 1. The molecule has 0 fully saturated rings. The first kappa shape index (κ1) is 15.5. The molecule has 0 aliphatic heterocycles. The van der Waals surface area contributed by atoms with Gasteiger partial charge in [-0.05, 0) is 45.0 Å². The maximum Gasteiger partial charge on any atom is 0.278 e. The van der Waals surface area contributed by atoms with Gasteiger partial charge in [0, 0.05) is 11.6 Å². The normalized spacial score (nSPS) is 14.0. The summed E-state index contributed by atoms with van der Waals surface area (Å²) in [5.41, 5.74) is 1.20. The molecule has 106 valence electrons. The van der Waals surface area contributed by atoms with Crippen molar-refractivity contribution in [3.63, 3.8) is 0 Å². The Morgan fingerprint density at radius 2 is 1.84 bits per heavy atom. The summed E-state index contributed by atoms with van der Waals surface area (Å²) in [6.45, 7) is 6.72. The van der Waals surface area contributed by atoms with Gasteiger partial charge in [0.1, 0.15) is 12.3 Å². The molecule has 0 heterocycles. The van der Waals surface area contributed by atoms with Crippen LogP contribution in [-0.2, 0) is 11.3 Å². The average molecular weight is 265 g/mol. The van der Waals surface area contributed by atoms with E-state index < -0.39 is 0 Å². The summed E-state index contributed by atoms with van der Waals surface area (Å²) in [7, 11) is 3.69. The molecule has 1 aromatic carbocycles. The van der Waals surface area contributed by atoms with Crippen molar-refractivity contribution in [1.82, 2.24) is 5.32 Å². The number of amides is 1. The van der Waals surface area contributed by atoms with Crippen molar-refractivity contribution >= 4 is 5.91 Å². The number of methoxy groups -OCH3 is 1. The van der Waals surface area contributed by atoms with Gasteiger partial charge in [0.15, 0.2) is 6.04 Å². The second-order valence-corrected chi connectivity index (χ2v) is 5.26. The van der Waals surface area contributed by atoms with E-state index in [1.54, 1.807) is 7.11 Å². The maximum atomic E-state index is 11.9. The smallest absolute Gasteiger partial charge is 0.278 e. The number of ether oxygens (including phenoxy) is 1. The Hall–Kier alpha value is -1.55. The van der Waals surface area contributed by atoms with E-state index in [1.165, 1.54) is 10.5 Å². The number of carbonyl (C=O) groups excluding carboxylic acids is 1. The van der Waals surface area contributed by atoms with Crippen molar-refractivity contribution in [1.29, 1.82) is 0 Å². The zero-order valence-corrected chi connectivity index (χ0v) is 12.5. The lowest BCUT2D eigenvalue weighted by atomic mass is 10.1. The quantitative estimate of drug-likeness (QED) is 0.792. The van der Waals surface area contributed by atoms with E-state index in [9.17, 15) is 4.79 Å². The molecule has 1 unspecified atom stereocenters. The lowest BCUT2D eigenvalue weighted by molar-refractivity contribution is -0.908. The molecule has 2 atom stereocenters. The summed E-state index contributed by atoms with van der Waals surface area (Å²) >= 11 is 0. The standard InChI is InChI=1S/C15H24N2O2/c1-11(2)16-15(18)12(3)17(4)10-13-6-8-14(19-5)9-7-13/h6-9,11-12H,10H2,1-5H3,(H,16,18)/p+1/t12-/m0/s1. The molecule has 0 radical (unpaired) electrons. The zero-order valence-electron chi connectivity index (χ0n) is 12.5. The van der Waals surface area contributed by atoms with E-state index in [0.717, 1.165) is 12.3 Å². The van der Waals surface area contributed by atoms with Crippen LogP contribution in [0, 0.1) is 0 Å². The van der Waals surface area contributed by atoms with Crippen molar-refractivity contribution in [2.75, 3.05) is 14.2 Å². The minimum Gasteiger partial charge on any atom is -0.497 e. The van der Waals surface area contributed by atoms with Crippen molar-refractivity contribution in [3.8, 4) is 5.75 Å². The van der Waals surface area contributed by atoms with Crippen LogP contribution in [0.25, 0.3) is 0 Å². The topological polar surface area (TPSA) is 42.8 Å². The number of likely N-dealkylation sites (N-methyl/N-ethyl adjacent to an activating group) is 1. The third-order valence-corrected chi connectivity index (χ3v) is 3.21. The third kappa shape index (κ3) is 4.91. The Balaban J connectivity index is 2.57. The van der Waals surface area contributed by atoms with Crippen LogP contribution in [0.4, 0.5) is 0 Å². The Morgan fingerprint density at radius 1 is 1.26 bits per heavy atom. The lowest BCUT2D eigenvalue weighted by Crippen LogP contribution is -3.12. The van der Waals surface area contributed by atoms with Crippen LogP contribution in [0.2, 0.25) is 0 Å². The molecule has 0 aliphatic carbocycles. The van der Waals surface area contributed by atoms with E-state index in [2.05, 4.69) is 5.32 Å². The molecule has 1 amide bonds. The van der Waals surface area contributed by atoms with Crippen LogP contribution < -0.4 is 15.0 Å². The van der Waals surface area contributed by atoms with E-state index in [1.807, 2.05) is 52.1 Å². The van der Waals surface area contributed by atoms with Gasteiger partial charge in [-0.25, -0.2) is 0 Å². The van der Waals surface area contributed by atoms with Gasteiger partial charge in [-0.2, -0.15) is 0 Å². The van der Waals surface area contributed by atoms with Crippen LogP contribution in [0.1, 0.15) is 26.3 Å². The predicted molar refractivity (Wildman–Crippen MR) is 76.3 cm³/mol. The number of nitrogens with one attached hydrogen (secondary N) is 2. The van der Waals surface area contributed by atoms with Gasteiger partial charge in [0.05, 0.1) is 14.2 Å². The molecule has 0 saturated heterocycles. The fraction of sp³-hybridized carbons (Fsp3) is 0.533. The first-order valence-corrected chi connectivity index (χ1v) is 6.69. The van der Waals surface area contributed by atoms with Gasteiger partial charge in [0.25, 0.3) is 5.91 Å². The molecule has 0 aliphatic rings. The fourth-order valence-corrected chi connectivity index (χ4v) is 1.85. The molecule has 0 bridgehead atoms. The second-order valence-electron chi connectivity index (χ2n) is 5.26. The number of hydrogen-bond donors (Lipinski definition) is 2. The molecule has 1 rings (SSSR count). The fourth-order valence-electron chi connectivity index (χ4n) is 1.85. The molecule has 4 nitrogen and oxygen atoms in total. The summed E-state index contributed by atoms with van der Waals surface area (Å²) in [4.78, 5) is 13.1. The van der Waals surface area contributed by atoms with Gasteiger partial charge in [-0.15, -0.1) is 0 Å². The minimum absolute atomic E-state index is 0.0653. The van der Waals surface area contributed by atoms with Crippen molar-refractivity contribution in [2.45, 2.75) is 39.4 Å².